The number of para-hydroxylation sites is 1. The topological polar surface area (TPSA) is 114 Å². The average Bonchev–Trinajstić information content (AvgIpc) is 2.93. The van der Waals surface area contributed by atoms with E-state index in [4.69, 9.17) is 9.47 Å². The summed E-state index contributed by atoms with van der Waals surface area (Å²) < 4.78 is 37.4. The van der Waals surface area contributed by atoms with Crippen LogP contribution in [-0.2, 0) is 21.4 Å². The molecule has 0 aliphatic heterocycles. The van der Waals surface area contributed by atoms with Crippen LogP contribution < -0.4 is 10.2 Å². The van der Waals surface area contributed by atoms with Crippen LogP contribution in [-0.4, -0.2) is 51.0 Å². The van der Waals surface area contributed by atoms with Crippen LogP contribution in [0.3, 0.4) is 0 Å². The monoisotopic (exact) mass is 523 g/mol. The van der Waals surface area contributed by atoms with Crippen molar-refractivity contribution in [3.63, 3.8) is 0 Å². The highest BCUT2D eigenvalue weighted by Gasteiger charge is 2.22. The number of rotatable bonds is 11. The molecule has 0 unspecified atom stereocenters. The van der Waals surface area contributed by atoms with Gasteiger partial charge in [-0.15, -0.1) is 0 Å². The second-order valence-electron chi connectivity index (χ2n) is 7.83. The number of methoxy groups -OCH3 is 1. The predicted octanol–water partition coefficient (Wildman–Crippen LogP) is 3.85. The van der Waals surface area contributed by atoms with Gasteiger partial charge >= 0.3 is 5.97 Å². The Morgan fingerprint density at radius 2 is 1.65 bits per heavy atom. The highest BCUT2D eigenvalue weighted by atomic mass is 32.2. The lowest BCUT2D eigenvalue weighted by Gasteiger charge is -2.18. The number of ether oxygens (including phenoxy) is 2. The molecule has 194 valence electrons. The van der Waals surface area contributed by atoms with Crippen LogP contribution in [0.2, 0.25) is 0 Å². The molecule has 3 aromatic carbocycles. The zero-order valence-electron chi connectivity index (χ0n) is 20.9. The first-order valence-corrected chi connectivity index (χ1v) is 13.1. The van der Waals surface area contributed by atoms with Crippen molar-refractivity contribution in [3.8, 4) is 5.75 Å². The van der Waals surface area contributed by atoms with Crippen LogP contribution in [0.1, 0.15) is 45.7 Å². The Balaban J connectivity index is 1.66. The molecule has 1 amide bonds. The zero-order chi connectivity index (χ0) is 26.8. The third kappa shape index (κ3) is 7.02. The second-order valence-corrected chi connectivity index (χ2v) is 9.77. The largest absolute Gasteiger partial charge is 0.488 e. The summed E-state index contributed by atoms with van der Waals surface area (Å²) in [6.45, 7) is 4.44. The minimum atomic E-state index is -3.69. The number of hydrogen-bond acceptors (Lipinski definition) is 7. The normalized spacial score (nSPS) is 11.5. The van der Waals surface area contributed by atoms with Gasteiger partial charge in [-0.05, 0) is 48.0 Å². The Bertz CT molecular complexity index is 1370. The summed E-state index contributed by atoms with van der Waals surface area (Å²) >= 11 is 0. The number of amides is 1. The molecule has 9 nitrogen and oxygen atoms in total. The smallest absolute Gasteiger partial charge is 0.337 e. The number of carbonyl (C=O) groups excluding carboxylic acids is 2. The molecule has 0 bridgehead atoms. The SMILES string of the molecule is CCN(CC)S(=O)(=O)c1cccc(C(=O)NN=Cc2ccccc2OCc2ccc(C(=O)OC)cc2)c1. The van der Waals surface area contributed by atoms with E-state index >= 15 is 0 Å². The molecule has 3 aromatic rings. The van der Waals surface area contributed by atoms with Crippen LogP contribution in [0, 0.1) is 0 Å². The Hall–Kier alpha value is -4.02. The zero-order valence-corrected chi connectivity index (χ0v) is 21.7. The minimum Gasteiger partial charge on any atom is -0.488 e. The van der Waals surface area contributed by atoms with Gasteiger partial charge in [-0.1, -0.05) is 44.2 Å². The van der Waals surface area contributed by atoms with Crippen LogP contribution >= 0.6 is 0 Å². The van der Waals surface area contributed by atoms with Crippen molar-refractivity contribution < 1.29 is 27.5 Å². The van der Waals surface area contributed by atoms with Gasteiger partial charge in [0.1, 0.15) is 12.4 Å². The quantitative estimate of drug-likeness (QED) is 0.232. The van der Waals surface area contributed by atoms with Crippen LogP contribution in [0.5, 0.6) is 5.75 Å². The van der Waals surface area contributed by atoms with Gasteiger partial charge in [0.25, 0.3) is 5.91 Å². The molecule has 0 aliphatic rings. The number of hydrogen-bond donors (Lipinski definition) is 1. The van der Waals surface area contributed by atoms with Crippen molar-refractivity contribution in [3.05, 3.63) is 95.1 Å². The lowest BCUT2D eigenvalue weighted by atomic mass is 10.1. The molecule has 0 heterocycles. The third-order valence-electron chi connectivity index (χ3n) is 5.50. The first-order chi connectivity index (χ1) is 17.8. The van der Waals surface area contributed by atoms with Crippen LogP contribution in [0.15, 0.2) is 82.8 Å². The van der Waals surface area contributed by atoms with E-state index in [-0.39, 0.29) is 17.1 Å². The first kappa shape index (κ1) is 27.6. The molecule has 0 saturated heterocycles. The fourth-order valence-corrected chi connectivity index (χ4v) is 4.97. The number of sulfonamides is 1. The van der Waals surface area contributed by atoms with Crippen molar-refractivity contribution in [1.82, 2.24) is 9.73 Å². The summed E-state index contributed by atoms with van der Waals surface area (Å²) in [4.78, 5) is 24.2. The lowest BCUT2D eigenvalue weighted by molar-refractivity contribution is 0.0600. The summed E-state index contributed by atoms with van der Waals surface area (Å²) in [5.41, 5.74) is 4.54. The van der Waals surface area contributed by atoms with Gasteiger partial charge in [-0.25, -0.2) is 18.6 Å². The number of esters is 1. The van der Waals surface area contributed by atoms with E-state index in [1.54, 1.807) is 50.2 Å². The molecule has 3 rings (SSSR count). The van der Waals surface area contributed by atoms with E-state index < -0.39 is 21.9 Å². The van der Waals surface area contributed by atoms with Gasteiger partial charge in [0.2, 0.25) is 10.0 Å². The van der Waals surface area contributed by atoms with Gasteiger partial charge < -0.3 is 9.47 Å². The predicted molar refractivity (Wildman–Crippen MR) is 140 cm³/mol. The van der Waals surface area contributed by atoms with Gasteiger partial charge in [0.15, 0.2) is 0 Å². The van der Waals surface area contributed by atoms with E-state index in [2.05, 4.69) is 10.5 Å². The maximum Gasteiger partial charge on any atom is 0.337 e. The Kier molecular flexibility index (Phi) is 9.53. The molecule has 37 heavy (non-hydrogen) atoms. The fraction of sp³-hybridized carbons (Fsp3) is 0.222. The number of nitrogens with zero attached hydrogens (tertiary/aromatic N) is 2. The Morgan fingerprint density at radius 1 is 0.946 bits per heavy atom. The summed E-state index contributed by atoms with van der Waals surface area (Å²) in [6.07, 6.45) is 1.45. The van der Waals surface area contributed by atoms with Crippen molar-refractivity contribution in [2.45, 2.75) is 25.3 Å². The highest BCUT2D eigenvalue weighted by molar-refractivity contribution is 7.89. The molecular formula is C27H29N3O6S. The molecule has 0 fully saturated rings. The number of benzene rings is 3. The third-order valence-corrected chi connectivity index (χ3v) is 7.54. The van der Waals surface area contributed by atoms with Crippen molar-refractivity contribution in [2.75, 3.05) is 20.2 Å². The van der Waals surface area contributed by atoms with E-state index in [9.17, 15) is 18.0 Å². The lowest BCUT2D eigenvalue weighted by Crippen LogP contribution is -2.30. The van der Waals surface area contributed by atoms with Gasteiger partial charge in [-0.2, -0.15) is 9.41 Å². The summed E-state index contributed by atoms with van der Waals surface area (Å²) in [5.74, 6) is -0.407. The molecule has 0 saturated carbocycles. The number of hydrazone groups is 1. The molecule has 0 spiro atoms. The average molecular weight is 524 g/mol. The molecule has 0 aliphatic carbocycles. The van der Waals surface area contributed by atoms with E-state index in [1.165, 1.54) is 41.9 Å². The van der Waals surface area contributed by atoms with E-state index in [0.717, 1.165) is 5.56 Å². The summed E-state index contributed by atoms with van der Waals surface area (Å²) in [5, 5.41) is 4.02. The molecule has 0 radical (unpaired) electrons. The number of nitrogens with one attached hydrogen (secondary N) is 1. The van der Waals surface area contributed by atoms with Crippen molar-refractivity contribution in [2.24, 2.45) is 5.10 Å². The molecule has 1 N–H and O–H groups in total. The molecule has 0 atom stereocenters. The Labute approximate surface area is 216 Å². The van der Waals surface area contributed by atoms with Crippen LogP contribution in [0.4, 0.5) is 0 Å². The van der Waals surface area contributed by atoms with E-state index in [0.29, 0.717) is 30.0 Å². The molecule has 0 aromatic heterocycles. The van der Waals surface area contributed by atoms with E-state index in [1.807, 2.05) is 12.1 Å². The van der Waals surface area contributed by atoms with Gasteiger partial charge in [0.05, 0.1) is 23.8 Å². The van der Waals surface area contributed by atoms with Crippen molar-refractivity contribution >= 4 is 28.1 Å². The van der Waals surface area contributed by atoms with Crippen molar-refractivity contribution in [1.29, 1.82) is 0 Å². The Morgan fingerprint density at radius 3 is 2.32 bits per heavy atom. The highest BCUT2D eigenvalue weighted by Crippen LogP contribution is 2.19. The minimum absolute atomic E-state index is 0.0474. The summed E-state index contributed by atoms with van der Waals surface area (Å²) in [7, 11) is -2.36. The summed E-state index contributed by atoms with van der Waals surface area (Å²) in [6, 6.07) is 19.9. The fourth-order valence-electron chi connectivity index (χ4n) is 3.47. The first-order valence-electron chi connectivity index (χ1n) is 11.6. The molecular weight excluding hydrogens is 494 g/mol. The maximum absolute atomic E-state index is 12.8. The maximum atomic E-state index is 12.8. The van der Waals surface area contributed by atoms with Gasteiger partial charge in [-0.3, -0.25) is 4.79 Å². The van der Waals surface area contributed by atoms with Gasteiger partial charge in [0, 0.05) is 24.2 Å². The number of carbonyl (C=O) groups is 2. The standard InChI is InChI=1S/C27H29N3O6S/c1-4-30(5-2)37(33,34)24-11-8-10-22(17-24)26(31)29-28-18-23-9-6-7-12-25(23)36-19-20-13-15-21(16-14-20)27(32)35-3/h6-18H,4-5,19H2,1-3H3,(H,29,31). The second kappa shape index (κ2) is 12.8. The van der Waals surface area contributed by atoms with Crippen LogP contribution in [0.25, 0.3) is 0 Å². The molecule has 10 heteroatoms.